The fourth-order valence-corrected chi connectivity index (χ4v) is 2.51. The molecule has 2 aromatic carbocycles. The lowest BCUT2D eigenvalue weighted by atomic mass is 10.2. The Morgan fingerprint density at radius 1 is 1.11 bits per heavy atom. The fourth-order valence-electron chi connectivity index (χ4n) is 1.44. The fraction of sp³-hybridized carbons (Fsp3) is 0. The first-order chi connectivity index (χ1) is 8.47. The molecule has 18 heavy (non-hydrogen) atoms. The molecule has 0 spiro atoms. The highest BCUT2D eigenvalue weighted by Gasteiger charge is 2.10. The molecule has 2 rings (SSSR count). The predicted molar refractivity (Wildman–Crippen MR) is 83.3 cm³/mol. The summed E-state index contributed by atoms with van der Waals surface area (Å²) in [5.41, 5.74) is 7.55. The molecule has 0 heterocycles. The van der Waals surface area contributed by atoms with Gasteiger partial charge in [-0.15, -0.1) is 0 Å². The summed E-state index contributed by atoms with van der Waals surface area (Å²) < 4.78 is 14.1. The van der Waals surface area contributed by atoms with Crippen molar-refractivity contribution in [3.63, 3.8) is 0 Å². The van der Waals surface area contributed by atoms with Gasteiger partial charge in [0, 0.05) is 3.57 Å². The van der Waals surface area contributed by atoms with Gasteiger partial charge in [-0.3, -0.25) is 0 Å². The maximum absolute atomic E-state index is 13.1. The number of rotatable bonds is 2. The van der Waals surface area contributed by atoms with Crippen molar-refractivity contribution in [3.8, 4) is 0 Å². The zero-order valence-electron chi connectivity index (χ0n) is 8.98. The standard InChI is InChI=1S/C12H8Cl2FIN2/c13-8-3-6(15)4-9(14)12(8)18-11-2-1-7(16)5-10(11)17/h1-5,18H,17H2. The second kappa shape index (κ2) is 5.50. The van der Waals surface area contributed by atoms with Crippen LogP contribution in [-0.4, -0.2) is 0 Å². The highest BCUT2D eigenvalue weighted by Crippen LogP contribution is 2.35. The largest absolute Gasteiger partial charge is 0.397 e. The number of halogens is 4. The van der Waals surface area contributed by atoms with Gasteiger partial charge in [-0.1, -0.05) is 23.2 Å². The Balaban J connectivity index is 2.40. The number of hydrogen-bond donors (Lipinski definition) is 2. The molecule has 0 atom stereocenters. The maximum atomic E-state index is 13.1. The molecule has 0 aliphatic rings. The lowest BCUT2D eigenvalue weighted by molar-refractivity contribution is 0.628. The molecule has 94 valence electrons. The van der Waals surface area contributed by atoms with Gasteiger partial charge in [-0.2, -0.15) is 0 Å². The Bertz CT molecular complexity index is 582. The van der Waals surface area contributed by atoms with Crippen LogP contribution in [0.25, 0.3) is 0 Å². The van der Waals surface area contributed by atoms with Crippen molar-refractivity contribution in [1.82, 2.24) is 0 Å². The molecule has 0 bridgehead atoms. The molecule has 3 N–H and O–H groups in total. The van der Waals surface area contributed by atoms with Crippen LogP contribution in [-0.2, 0) is 0 Å². The van der Waals surface area contributed by atoms with E-state index in [4.69, 9.17) is 28.9 Å². The summed E-state index contributed by atoms with van der Waals surface area (Å²) in [4.78, 5) is 0. The summed E-state index contributed by atoms with van der Waals surface area (Å²) in [7, 11) is 0. The summed E-state index contributed by atoms with van der Waals surface area (Å²) in [5, 5.41) is 3.42. The van der Waals surface area contributed by atoms with E-state index in [0.29, 0.717) is 17.1 Å². The number of hydrogen-bond acceptors (Lipinski definition) is 2. The lowest BCUT2D eigenvalue weighted by Crippen LogP contribution is -1.98. The zero-order chi connectivity index (χ0) is 13.3. The van der Waals surface area contributed by atoms with Crippen molar-refractivity contribution < 1.29 is 4.39 Å². The monoisotopic (exact) mass is 396 g/mol. The summed E-state index contributed by atoms with van der Waals surface area (Å²) in [5.74, 6) is -0.480. The molecule has 2 aromatic rings. The number of nitrogens with one attached hydrogen (secondary N) is 1. The van der Waals surface area contributed by atoms with Gasteiger partial charge < -0.3 is 11.1 Å². The SMILES string of the molecule is Nc1cc(I)ccc1Nc1c(Cl)cc(F)cc1Cl. The van der Waals surface area contributed by atoms with Crippen LogP contribution in [0.5, 0.6) is 0 Å². The van der Waals surface area contributed by atoms with Crippen molar-refractivity contribution >= 4 is 62.9 Å². The molecule has 0 radical (unpaired) electrons. The molecule has 0 aliphatic carbocycles. The van der Waals surface area contributed by atoms with Crippen molar-refractivity contribution in [1.29, 1.82) is 0 Å². The number of nitrogen functional groups attached to an aromatic ring is 1. The Labute approximate surface area is 127 Å². The minimum atomic E-state index is -0.480. The zero-order valence-corrected chi connectivity index (χ0v) is 12.6. The van der Waals surface area contributed by atoms with Crippen LogP contribution in [0.1, 0.15) is 0 Å². The predicted octanol–water partition coefficient (Wildman–Crippen LogP) is 5.06. The van der Waals surface area contributed by atoms with E-state index in [1.807, 2.05) is 18.2 Å². The van der Waals surface area contributed by atoms with Crippen molar-refractivity contribution in [2.75, 3.05) is 11.1 Å². The summed E-state index contributed by atoms with van der Waals surface area (Å²) in [6, 6.07) is 7.91. The van der Waals surface area contributed by atoms with Gasteiger partial charge in [0.05, 0.1) is 27.1 Å². The van der Waals surface area contributed by atoms with Crippen LogP contribution in [0.15, 0.2) is 30.3 Å². The minimum Gasteiger partial charge on any atom is -0.397 e. The molecule has 6 heteroatoms. The molecule has 0 saturated heterocycles. The van der Waals surface area contributed by atoms with E-state index in [-0.39, 0.29) is 10.0 Å². The first-order valence-corrected chi connectivity index (χ1v) is 6.77. The Morgan fingerprint density at radius 3 is 2.28 bits per heavy atom. The molecule has 0 amide bonds. The highest BCUT2D eigenvalue weighted by molar-refractivity contribution is 14.1. The minimum absolute atomic E-state index is 0.206. The third-order valence-corrected chi connectivity index (χ3v) is 3.55. The average Bonchev–Trinajstić information content (AvgIpc) is 2.25. The number of anilines is 3. The second-order valence-electron chi connectivity index (χ2n) is 3.60. The van der Waals surface area contributed by atoms with Crippen LogP contribution in [0.2, 0.25) is 10.0 Å². The number of benzene rings is 2. The van der Waals surface area contributed by atoms with E-state index in [1.165, 1.54) is 12.1 Å². The van der Waals surface area contributed by atoms with Crippen LogP contribution in [0.4, 0.5) is 21.5 Å². The second-order valence-corrected chi connectivity index (χ2v) is 5.66. The Hall–Kier alpha value is -0.720. The van der Waals surface area contributed by atoms with Gasteiger partial charge in [0.2, 0.25) is 0 Å². The first-order valence-electron chi connectivity index (χ1n) is 4.94. The molecule has 2 nitrogen and oxygen atoms in total. The summed E-state index contributed by atoms with van der Waals surface area (Å²) in [6.07, 6.45) is 0. The molecule has 0 aromatic heterocycles. The van der Waals surface area contributed by atoms with Gasteiger partial charge in [0.15, 0.2) is 0 Å². The van der Waals surface area contributed by atoms with E-state index in [0.717, 1.165) is 3.57 Å². The lowest BCUT2D eigenvalue weighted by Gasteiger charge is -2.12. The normalized spacial score (nSPS) is 10.4. The van der Waals surface area contributed by atoms with Crippen LogP contribution >= 0.6 is 45.8 Å². The Kier molecular flexibility index (Phi) is 4.19. The topological polar surface area (TPSA) is 38.0 Å². The smallest absolute Gasteiger partial charge is 0.126 e. The third kappa shape index (κ3) is 2.99. The van der Waals surface area contributed by atoms with Gasteiger partial charge in [0.25, 0.3) is 0 Å². The first kappa shape index (κ1) is 13.7. The van der Waals surface area contributed by atoms with Crippen LogP contribution < -0.4 is 11.1 Å². The van der Waals surface area contributed by atoms with Crippen molar-refractivity contribution in [2.24, 2.45) is 0 Å². The molecule has 0 aliphatic heterocycles. The Morgan fingerprint density at radius 2 is 1.72 bits per heavy atom. The van der Waals surface area contributed by atoms with Gasteiger partial charge in [-0.25, -0.2) is 4.39 Å². The van der Waals surface area contributed by atoms with Crippen molar-refractivity contribution in [2.45, 2.75) is 0 Å². The van der Waals surface area contributed by atoms with E-state index >= 15 is 0 Å². The van der Waals surface area contributed by atoms with Gasteiger partial charge >= 0.3 is 0 Å². The molecular weight excluding hydrogens is 389 g/mol. The van der Waals surface area contributed by atoms with Crippen LogP contribution in [0.3, 0.4) is 0 Å². The van der Waals surface area contributed by atoms with Gasteiger partial charge in [0.1, 0.15) is 5.82 Å². The van der Waals surface area contributed by atoms with E-state index < -0.39 is 5.82 Å². The van der Waals surface area contributed by atoms with Gasteiger partial charge in [-0.05, 0) is 52.9 Å². The highest BCUT2D eigenvalue weighted by atomic mass is 127. The van der Waals surface area contributed by atoms with E-state index in [9.17, 15) is 4.39 Å². The molecular formula is C12H8Cl2FIN2. The van der Waals surface area contributed by atoms with E-state index in [1.54, 1.807) is 0 Å². The number of nitrogens with two attached hydrogens (primary N) is 1. The average molecular weight is 397 g/mol. The molecule has 0 fully saturated rings. The maximum Gasteiger partial charge on any atom is 0.126 e. The quantitative estimate of drug-likeness (QED) is 0.549. The van der Waals surface area contributed by atoms with E-state index in [2.05, 4.69) is 27.9 Å². The third-order valence-electron chi connectivity index (χ3n) is 2.28. The molecule has 0 unspecified atom stereocenters. The van der Waals surface area contributed by atoms with Crippen LogP contribution in [0, 0.1) is 9.39 Å². The molecule has 0 saturated carbocycles. The van der Waals surface area contributed by atoms with Crippen molar-refractivity contribution in [3.05, 3.63) is 49.8 Å². The summed E-state index contributed by atoms with van der Waals surface area (Å²) in [6.45, 7) is 0. The summed E-state index contributed by atoms with van der Waals surface area (Å²) >= 11 is 14.0.